The molecule has 0 aliphatic heterocycles. The van der Waals surface area contributed by atoms with E-state index in [0.29, 0.717) is 15.7 Å². The zero-order valence-electron chi connectivity index (χ0n) is 10.2. The van der Waals surface area contributed by atoms with Gasteiger partial charge < -0.3 is 5.32 Å². The summed E-state index contributed by atoms with van der Waals surface area (Å²) in [6, 6.07) is 4.08. The van der Waals surface area contributed by atoms with Crippen molar-refractivity contribution in [2.75, 3.05) is 5.32 Å². The first-order chi connectivity index (χ1) is 9.27. The maximum atomic E-state index is 11.9. The molecule has 0 spiro atoms. The van der Waals surface area contributed by atoms with Gasteiger partial charge in [0.1, 0.15) is 0 Å². The highest BCUT2D eigenvalue weighted by Crippen LogP contribution is 2.27. The lowest BCUT2D eigenvalue weighted by Crippen LogP contribution is -2.11. The Morgan fingerprint density at radius 3 is 2.65 bits per heavy atom. The molecule has 0 bridgehead atoms. The quantitative estimate of drug-likeness (QED) is 0.831. The number of benzene rings is 1. The molecule has 1 aromatic carbocycles. The second-order valence-corrected chi connectivity index (χ2v) is 7.36. The van der Waals surface area contributed by atoms with Crippen molar-refractivity contribution in [2.45, 2.75) is 4.90 Å². The lowest BCUT2D eigenvalue weighted by atomic mass is 10.3. The van der Waals surface area contributed by atoms with Gasteiger partial charge in [0, 0.05) is 28.4 Å². The Morgan fingerprint density at radius 1 is 1.45 bits per heavy atom. The largest absolute Gasteiger partial charge is 0.321 e. The molecule has 20 heavy (non-hydrogen) atoms. The van der Waals surface area contributed by atoms with Gasteiger partial charge in [-0.3, -0.25) is 9.48 Å². The minimum atomic E-state index is -3.80. The van der Waals surface area contributed by atoms with Crippen LogP contribution in [0.4, 0.5) is 5.69 Å². The van der Waals surface area contributed by atoms with Crippen molar-refractivity contribution in [3.8, 4) is 0 Å². The molecule has 2 rings (SSSR count). The van der Waals surface area contributed by atoms with Crippen LogP contribution in [0.1, 0.15) is 10.4 Å². The Labute approximate surface area is 128 Å². The van der Waals surface area contributed by atoms with E-state index >= 15 is 0 Å². The predicted molar refractivity (Wildman–Crippen MR) is 78.3 cm³/mol. The summed E-state index contributed by atoms with van der Waals surface area (Å²) in [5.74, 6) is -0.347. The summed E-state index contributed by atoms with van der Waals surface area (Å²) < 4.78 is 24.3. The van der Waals surface area contributed by atoms with Gasteiger partial charge in [0.25, 0.3) is 15.0 Å². The second kappa shape index (κ2) is 5.55. The number of amides is 1. The van der Waals surface area contributed by atoms with E-state index in [1.807, 2.05) is 0 Å². The number of nitrogens with one attached hydrogen (secondary N) is 1. The molecule has 0 radical (unpaired) electrons. The monoisotopic (exact) mass is 377 g/mol. The molecule has 0 unspecified atom stereocenters. The van der Waals surface area contributed by atoms with E-state index in [4.69, 9.17) is 10.7 Å². The molecule has 1 N–H and O–H groups in total. The Kier molecular flexibility index (Phi) is 4.17. The SMILES string of the molecule is Cn1cc(C(=O)Nc2ccc(S(=O)(=O)Cl)cc2Br)cn1. The minimum Gasteiger partial charge on any atom is -0.321 e. The number of hydrogen-bond acceptors (Lipinski definition) is 4. The molecule has 0 atom stereocenters. The van der Waals surface area contributed by atoms with Gasteiger partial charge in [-0.2, -0.15) is 5.10 Å². The third-order valence-corrected chi connectivity index (χ3v) is 4.44. The Hall–Kier alpha value is -1.38. The Bertz CT molecular complexity index is 773. The van der Waals surface area contributed by atoms with Crippen LogP contribution in [0.15, 0.2) is 40.0 Å². The van der Waals surface area contributed by atoms with Crippen LogP contribution in [-0.4, -0.2) is 24.1 Å². The summed E-state index contributed by atoms with van der Waals surface area (Å²) in [5, 5.41) is 6.54. The van der Waals surface area contributed by atoms with Crippen LogP contribution in [0.3, 0.4) is 0 Å². The third-order valence-electron chi connectivity index (χ3n) is 2.44. The fourth-order valence-corrected chi connectivity index (χ4v) is 2.89. The molecule has 0 saturated heterocycles. The Morgan fingerprint density at radius 2 is 2.15 bits per heavy atom. The topological polar surface area (TPSA) is 81.1 Å². The van der Waals surface area contributed by atoms with Gasteiger partial charge >= 0.3 is 0 Å². The first-order valence-corrected chi connectivity index (χ1v) is 8.42. The number of anilines is 1. The molecule has 2 aromatic rings. The fourth-order valence-electron chi connectivity index (χ4n) is 1.48. The molecule has 106 valence electrons. The summed E-state index contributed by atoms with van der Waals surface area (Å²) in [4.78, 5) is 11.9. The number of nitrogens with zero attached hydrogens (tertiary/aromatic N) is 2. The highest BCUT2D eigenvalue weighted by molar-refractivity contribution is 9.10. The maximum absolute atomic E-state index is 11.9. The van der Waals surface area contributed by atoms with E-state index in [-0.39, 0.29) is 10.8 Å². The number of rotatable bonds is 3. The zero-order chi connectivity index (χ0) is 14.9. The minimum absolute atomic E-state index is 0.0505. The van der Waals surface area contributed by atoms with Crippen LogP contribution in [0.5, 0.6) is 0 Å². The van der Waals surface area contributed by atoms with Crippen molar-refractivity contribution in [3.05, 3.63) is 40.6 Å². The average molecular weight is 379 g/mol. The van der Waals surface area contributed by atoms with Crippen LogP contribution >= 0.6 is 26.6 Å². The molecule has 6 nitrogen and oxygen atoms in total. The van der Waals surface area contributed by atoms with Crippen molar-refractivity contribution < 1.29 is 13.2 Å². The van der Waals surface area contributed by atoms with Crippen LogP contribution < -0.4 is 5.32 Å². The van der Waals surface area contributed by atoms with Crippen molar-refractivity contribution >= 4 is 47.3 Å². The number of aryl methyl sites for hydroxylation is 1. The lowest BCUT2D eigenvalue weighted by Gasteiger charge is -2.07. The third kappa shape index (κ3) is 3.38. The van der Waals surface area contributed by atoms with Crippen LogP contribution in [0.25, 0.3) is 0 Å². The van der Waals surface area contributed by atoms with Crippen molar-refractivity contribution in [3.63, 3.8) is 0 Å². The number of hydrogen-bond donors (Lipinski definition) is 1. The summed E-state index contributed by atoms with van der Waals surface area (Å²) >= 11 is 3.19. The molecule has 1 heterocycles. The van der Waals surface area contributed by atoms with Crippen LogP contribution in [0.2, 0.25) is 0 Å². The molecule has 1 amide bonds. The van der Waals surface area contributed by atoms with E-state index < -0.39 is 9.05 Å². The van der Waals surface area contributed by atoms with E-state index in [2.05, 4.69) is 26.3 Å². The summed E-state index contributed by atoms with van der Waals surface area (Å²) in [6.07, 6.45) is 3.00. The first-order valence-electron chi connectivity index (χ1n) is 5.31. The average Bonchev–Trinajstić information content (AvgIpc) is 2.77. The van der Waals surface area contributed by atoms with Gasteiger partial charge in [-0.25, -0.2) is 8.42 Å². The lowest BCUT2D eigenvalue weighted by molar-refractivity contribution is 0.102. The summed E-state index contributed by atoms with van der Waals surface area (Å²) in [5.41, 5.74) is 0.830. The normalized spacial score (nSPS) is 11.3. The van der Waals surface area contributed by atoms with Gasteiger partial charge in [-0.05, 0) is 34.1 Å². The van der Waals surface area contributed by atoms with E-state index in [0.717, 1.165) is 0 Å². The number of aromatic nitrogens is 2. The smallest absolute Gasteiger partial charge is 0.261 e. The van der Waals surface area contributed by atoms with Crippen LogP contribution in [0, 0.1) is 0 Å². The molecule has 1 aromatic heterocycles. The number of carbonyl (C=O) groups is 1. The van der Waals surface area contributed by atoms with Crippen LogP contribution in [-0.2, 0) is 16.1 Å². The number of halogens is 2. The summed E-state index contributed by atoms with van der Waals surface area (Å²) in [7, 11) is 3.14. The highest BCUT2D eigenvalue weighted by atomic mass is 79.9. The fraction of sp³-hybridized carbons (Fsp3) is 0.0909. The summed E-state index contributed by atoms with van der Waals surface area (Å²) in [6.45, 7) is 0. The molecule has 9 heteroatoms. The van der Waals surface area contributed by atoms with Crippen molar-refractivity contribution in [1.82, 2.24) is 9.78 Å². The standard InChI is InChI=1S/C11H9BrClN3O3S/c1-16-6-7(5-14-16)11(17)15-10-3-2-8(4-9(10)12)20(13,18)19/h2-6H,1H3,(H,15,17). The van der Waals surface area contributed by atoms with Crippen molar-refractivity contribution in [2.24, 2.45) is 7.05 Å². The molecule has 0 aliphatic carbocycles. The van der Waals surface area contributed by atoms with Gasteiger partial charge in [-0.15, -0.1) is 0 Å². The van der Waals surface area contributed by atoms with Gasteiger partial charge in [-0.1, -0.05) is 0 Å². The van der Waals surface area contributed by atoms with Gasteiger partial charge in [0.05, 0.1) is 22.3 Å². The zero-order valence-corrected chi connectivity index (χ0v) is 13.3. The first kappa shape index (κ1) is 15.0. The molecule has 0 saturated carbocycles. The molecular formula is C11H9BrClN3O3S. The van der Waals surface area contributed by atoms with E-state index in [1.54, 1.807) is 13.2 Å². The molecule has 0 aliphatic rings. The second-order valence-electron chi connectivity index (χ2n) is 3.94. The van der Waals surface area contributed by atoms with Gasteiger partial charge in [0.2, 0.25) is 0 Å². The van der Waals surface area contributed by atoms with E-state index in [9.17, 15) is 13.2 Å². The van der Waals surface area contributed by atoms with Crippen molar-refractivity contribution in [1.29, 1.82) is 0 Å². The number of carbonyl (C=O) groups excluding carboxylic acids is 1. The molecule has 0 fully saturated rings. The molecular weight excluding hydrogens is 370 g/mol. The predicted octanol–water partition coefficient (Wildman–Crippen LogP) is 2.36. The Balaban J connectivity index is 2.25. The highest BCUT2D eigenvalue weighted by Gasteiger charge is 2.14. The van der Waals surface area contributed by atoms with Gasteiger partial charge in [0.15, 0.2) is 0 Å². The van der Waals surface area contributed by atoms with E-state index in [1.165, 1.54) is 29.1 Å². The maximum Gasteiger partial charge on any atom is 0.261 e.